The largest absolute Gasteiger partial charge is 0.493 e. The van der Waals surface area contributed by atoms with Crippen molar-refractivity contribution in [3.8, 4) is 5.75 Å². The van der Waals surface area contributed by atoms with Gasteiger partial charge in [0.25, 0.3) is 0 Å². The Hall–Kier alpha value is -2.37. The molecule has 0 saturated carbocycles. The van der Waals surface area contributed by atoms with Crippen LogP contribution in [0.25, 0.3) is 0 Å². The van der Waals surface area contributed by atoms with Crippen LogP contribution in [0.15, 0.2) is 48.5 Å². The molecule has 0 unspecified atom stereocenters. The highest BCUT2D eigenvalue weighted by Crippen LogP contribution is 2.29. The SMILES string of the molecule is O=C1CO[C@H]2CCN(Cc3ccc4c(c3)CCO4)CC[C@@H]2N1Cc1ccccc1. The number of likely N-dealkylation sites (tertiary alicyclic amines) is 1. The van der Waals surface area contributed by atoms with Crippen molar-refractivity contribution < 1.29 is 14.3 Å². The lowest BCUT2D eigenvalue weighted by molar-refractivity contribution is -0.158. The molecule has 3 aliphatic heterocycles. The lowest BCUT2D eigenvalue weighted by atomic mass is 10.0. The minimum Gasteiger partial charge on any atom is -0.493 e. The Morgan fingerprint density at radius 3 is 2.72 bits per heavy atom. The van der Waals surface area contributed by atoms with Gasteiger partial charge < -0.3 is 14.4 Å². The molecule has 152 valence electrons. The number of amides is 1. The zero-order valence-corrected chi connectivity index (χ0v) is 16.8. The van der Waals surface area contributed by atoms with E-state index in [4.69, 9.17) is 9.47 Å². The third-order valence-electron chi connectivity index (χ3n) is 6.40. The number of hydrogen-bond donors (Lipinski definition) is 0. The highest BCUT2D eigenvalue weighted by molar-refractivity contribution is 5.78. The van der Waals surface area contributed by atoms with Crippen LogP contribution in [0, 0.1) is 0 Å². The van der Waals surface area contributed by atoms with Gasteiger partial charge in [-0.2, -0.15) is 0 Å². The van der Waals surface area contributed by atoms with Crippen LogP contribution in [0.5, 0.6) is 5.75 Å². The Balaban J connectivity index is 1.27. The van der Waals surface area contributed by atoms with Crippen molar-refractivity contribution in [1.82, 2.24) is 9.80 Å². The summed E-state index contributed by atoms with van der Waals surface area (Å²) in [6, 6.07) is 17.0. The molecule has 3 aliphatic rings. The van der Waals surface area contributed by atoms with E-state index in [1.807, 2.05) is 18.2 Å². The van der Waals surface area contributed by atoms with E-state index in [1.165, 1.54) is 16.7 Å². The van der Waals surface area contributed by atoms with Crippen LogP contribution >= 0.6 is 0 Å². The van der Waals surface area contributed by atoms with Crippen molar-refractivity contribution in [3.63, 3.8) is 0 Å². The number of carbonyl (C=O) groups is 1. The van der Waals surface area contributed by atoms with Crippen LogP contribution in [0.3, 0.4) is 0 Å². The first-order valence-corrected chi connectivity index (χ1v) is 10.7. The molecule has 0 bridgehead atoms. The van der Waals surface area contributed by atoms with Crippen molar-refractivity contribution in [2.45, 2.75) is 44.5 Å². The molecule has 0 spiro atoms. The van der Waals surface area contributed by atoms with E-state index in [2.05, 4.69) is 40.1 Å². The van der Waals surface area contributed by atoms with Crippen LogP contribution in [0.1, 0.15) is 29.5 Å². The first-order chi connectivity index (χ1) is 14.3. The van der Waals surface area contributed by atoms with Gasteiger partial charge in [-0.15, -0.1) is 0 Å². The Morgan fingerprint density at radius 1 is 0.966 bits per heavy atom. The van der Waals surface area contributed by atoms with E-state index >= 15 is 0 Å². The summed E-state index contributed by atoms with van der Waals surface area (Å²) in [6.07, 6.45) is 3.07. The number of rotatable bonds is 4. The normalized spacial score (nSPS) is 24.6. The molecule has 2 aromatic rings. The fraction of sp³-hybridized carbons (Fsp3) is 0.458. The van der Waals surface area contributed by atoms with Gasteiger partial charge in [0, 0.05) is 32.6 Å². The molecule has 3 heterocycles. The Bertz CT molecular complexity index is 870. The van der Waals surface area contributed by atoms with E-state index in [-0.39, 0.29) is 24.7 Å². The summed E-state index contributed by atoms with van der Waals surface area (Å²) < 4.78 is 11.6. The van der Waals surface area contributed by atoms with E-state index < -0.39 is 0 Å². The van der Waals surface area contributed by atoms with E-state index in [1.54, 1.807) is 0 Å². The number of morpholine rings is 1. The van der Waals surface area contributed by atoms with E-state index in [0.29, 0.717) is 6.54 Å². The standard InChI is InChI=1S/C24H28N2O3/c27-24-17-29-23-9-12-25(15-19-6-7-22-20(14-19)10-13-28-22)11-8-21(23)26(24)16-18-4-2-1-3-5-18/h1-7,14,21,23H,8-13,15-17H2/t21-,23-/m0/s1. The average Bonchev–Trinajstić information content (AvgIpc) is 3.12. The van der Waals surface area contributed by atoms with Gasteiger partial charge in [0.15, 0.2) is 0 Å². The molecule has 0 N–H and O–H groups in total. The van der Waals surface area contributed by atoms with Crippen LogP contribution in [-0.2, 0) is 29.0 Å². The number of nitrogens with zero attached hydrogens (tertiary/aromatic N) is 2. The second-order valence-electron chi connectivity index (χ2n) is 8.32. The fourth-order valence-electron chi connectivity index (χ4n) is 4.85. The van der Waals surface area contributed by atoms with Crippen LogP contribution in [0.2, 0.25) is 0 Å². The quantitative estimate of drug-likeness (QED) is 0.802. The Morgan fingerprint density at radius 2 is 1.83 bits per heavy atom. The summed E-state index contributed by atoms with van der Waals surface area (Å²) in [5.74, 6) is 1.15. The van der Waals surface area contributed by atoms with Crippen molar-refractivity contribution in [1.29, 1.82) is 0 Å². The lowest BCUT2D eigenvalue weighted by Crippen LogP contribution is -2.53. The van der Waals surface area contributed by atoms with Gasteiger partial charge in [-0.1, -0.05) is 42.5 Å². The molecular formula is C24H28N2O3. The Kier molecular flexibility index (Phi) is 5.25. The van der Waals surface area contributed by atoms with Gasteiger partial charge in [-0.3, -0.25) is 9.69 Å². The number of hydrogen-bond acceptors (Lipinski definition) is 4. The van der Waals surface area contributed by atoms with Gasteiger partial charge in [-0.25, -0.2) is 0 Å². The highest BCUT2D eigenvalue weighted by atomic mass is 16.5. The van der Waals surface area contributed by atoms with Gasteiger partial charge >= 0.3 is 0 Å². The molecule has 2 saturated heterocycles. The summed E-state index contributed by atoms with van der Waals surface area (Å²) in [5.41, 5.74) is 3.86. The number of ether oxygens (including phenoxy) is 2. The minimum atomic E-state index is 0.113. The average molecular weight is 392 g/mol. The molecule has 2 aromatic carbocycles. The van der Waals surface area contributed by atoms with E-state index in [9.17, 15) is 4.79 Å². The van der Waals surface area contributed by atoms with Gasteiger partial charge in [0.2, 0.25) is 5.91 Å². The third kappa shape index (κ3) is 4.02. The molecule has 0 aliphatic carbocycles. The second-order valence-corrected chi connectivity index (χ2v) is 8.32. The van der Waals surface area contributed by atoms with Crippen LogP contribution in [0.4, 0.5) is 0 Å². The highest BCUT2D eigenvalue weighted by Gasteiger charge is 2.38. The first-order valence-electron chi connectivity index (χ1n) is 10.7. The molecular weight excluding hydrogens is 364 g/mol. The van der Waals surface area contributed by atoms with Crippen molar-refractivity contribution in [2.75, 3.05) is 26.3 Å². The van der Waals surface area contributed by atoms with Crippen LogP contribution < -0.4 is 4.74 Å². The second kappa shape index (κ2) is 8.17. The molecule has 29 heavy (non-hydrogen) atoms. The first kappa shape index (κ1) is 18.6. The predicted molar refractivity (Wildman–Crippen MR) is 111 cm³/mol. The molecule has 2 fully saturated rings. The molecule has 0 aromatic heterocycles. The molecule has 1 amide bonds. The van der Waals surface area contributed by atoms with Crippen molar-refractivity contribution in [2.24, 2.45) is 0 Å². The predicted octanol–water partition coefficient (Wildman–Crippen LogP) is 3.01. The summed E-state index contributed by atoms with van der Waals surface area (Å²) in [6.45, 7) is 4.61. The van der Waals surface area contributed by atoms with Crippen molar-refractivity contribution >= 4 is 5.91 Å². The smallest absolute Gasteiger partial charge is 0.249 e. The number of fused-ring (bicyclic) bond motifs is 2. The van der Waals surface area contributed by atoms with Gasteiger partial charge in [0.05, 0.1) is 18.8 Å². The Labute approximate surface area is 172 Å². The van der Waals surface area contributed by atoms with Crippen LogP contribution in [-0.4, -0.2) is 54.2 Å². The maximum Gasteiger partial charge on any atom is 0.249 e. The minimum absolute atomic E-state index is 0.113. The lowest BCUT2D eigenvalue weighted by Gasteiger charge is -2.40. The zero-order chi connectivity index (χ0) is 19.6. The number of carbonyl (C=O) groups excluding carboxylic acids is 1. The number of benzene rings is 2. The summed E-state index contributed by atoms with van der Waals surface area (Å²) in [7, 11) is 0. The summed E-state index contributed by atoms with van der Waals surface area (Å²) >= 11 is 0. The molecule has 5 heteroatoms. The summed E-state index contributed by atoms with van der Waals surface area (Å²) in [5, 5.41) is 0. The molecule has 0 radical (unpaired) electrons. The molecule has 2 atom stereocenters. The van der Waals surface area contributed by atoms with Crippen molar-refractivity contribution in [3.05, 3.63) is 65.2 Å². The topological polar surface area (TPSA) is 42.0 Å². The van der Waals surface area contributed by atoms with E-state index in [0.717, 1.165) is 51.3 Å². The monoisotopic (exact) mass is 392 g/mol. The van der Waals surface area contributed by atoms with Gasteiger partial charge in [-0.05, 0) is 35.6 Å². The molecule has 5 rings (SSSR count). The fourth-order valence-corrected chi connectivity index (χ4v) is 4.85. The molecule has 5 nitrogen and oxygen atoms in total. The summed E-state index contributed by atoms with van der Waals surface area (Å²) in [4.78, 5) is 17.2. The maximum absolute atomic E-state index is 12.6. The maximum atomic E-state index is 12.6. The zero-order valence-electron chi connectivity index (χ0n) is 16.8. The van der Waals surface area contributed by atoms with Gasteiger partial charge in [0.1, 0.15) is 12.4 Å². The third-order valence-corrected chi connectivity index (χ3v) is 6.40.